The van der Waals surface area contributed by atoms with Crippen molar-refractivity contribution in [2.45, 2.75) is 25.8 Å². The van der Waals surface area contributed by atoms with Gasteiger partial charge in [-0.05, 0) is 42.7 Å². The van der Waals surface area contributed by atoms with Crippen molar-refractivity contribution in [3.05, 3.63) is 66.1 Å². The van der Waals surface area contributed by atoms with Gasteiger partial charge in [0, 0.05) is 43.8 Å². The number of imidazole rings is 1. The van der Waals surface area contributed by atoms with Crippen LogP contribution in [0.3, 0.4) is 0 Å². The molecular weight excluding hydrogens is 328 g/mol. The molecule has 4 rings (SSSR count). The van der Waals surface area contributed by atoms with Crippen molar-refractivity contribution in [1.82, 2.24) is 14.7 Å². The van der Waals surface area contributed by atoms with Crippen LogP contribution in [0.2, 0.25) is 0 Å². The van der Waals surface area contributed by atoms with Gasteiger partial charge in [-0.3, -0.25) is 9.59 Å². The smallest absolute Gasteiger partial charge is 0.255 e. The van der Waals surface area contributed by atoms with E-state index in [0.29, 0.717) is 24.2 Å². The summed E-state index contributed by atoms with van der Waals surface area (Å²) in [6.07, 6.45) is 7.94. The zero-order valence-electron chi connectivity index (χ0n) is 14.4. The fourth-order valence-corrected chi connectivity index (χ4v) is 3.32. The van der Waals surface area contributed by atoms with E-state index in [9.17, 15) is 9.59 Å². The van der Waals surface area contributed by atoms with Crippen LogP contribution in [0.5, 0.6) is 0 Å². The van der Waals surface area contributed by atoms with E-state index < -0.39 is 0 Å². The molecule has 26 heavy (non-hydrogen) atoms. The Balaban J connectivity index is 1.48. The Bertz CT molecular complexity index is 963. The van der Waals surface area contributed by atoms with E-state index in [-0.39, 0.29) is 11.8 Å². The number of hydrogen-bond acceptors (Lipinski definition) is 3. The Kier molecular flexibility index (Phi) is 4.39. The number of benzene rings is 1. The molecule has 0 atom stereocenters. The fraction of sp³-hybridized carbons (Fsp3) is 0.250. The van der Waals surface area contributed by atoms with Gasteiger partial charge in [0.05, 0.1) is 5.56 Å². The standard InChI is InChI=1S/C20H20N4O2/c25-18-8-1-2-11-24(18)16-6-3-5-15(13-16)14-22-20(26)17-7-4-10-23-12-9-21-19(17)23/h3-7,9-10,12-13H,1-2,8,11,14H2,(H,22,26). The lowest BCUT2D eigenvalue weighted by molar-refractivity contribution is -0.119. The van der Waals surface area contributed by atoms with Gasteiger partial charge in [-0.25, -0.2) is 4.98 Å². The minimum absolute atomic E-state index is 0.166. The first-order valence-corrected chi connectivity index (χ1v) is 8.81. The number of anilines is 1. The zero-order chi connectivity index (χ0) is 17.9. The van der Waals surface area contributed by atoms with Crippen molar-refractivity contribution in [1.29, 1.82) is 0 Å². The van der Waals surface area contributed by atoms with Crippen LogP contribution < -0.4 is 10.2 Å². The Labute approximate surface area is 151 Å². The van der Waals surface area contributed by atoms with E-state index in [4.69, 9.17) is 0 Å². The van der Waals surface area contributed by atoms with Crippen LogP contribution in [0.25, 0.3) is 5.65 Å². The molecule has 0 spiro atoms. The monoisotopic (exact) mass is 348 g/mol. The highest BCUT2D eigenvalue weighted by Crippen LogP contribution is 2.22. The average Bonchev–Trinajstić information content (AvgIpc) is 3.15. The minimum Gasteiger partial charge on any atom is -0.348 e. The van der Waals surface area contributed by atoms with Crippen molar-refractivity contribution in [2.24, 2.45) is 0 Å². The van der Waals surface area contributed by atoms with E-state index >= 15 is 0 Å². The molecule has 1 N–H and O–H groups in total. The maximum Gasteiger partial charge on any atom is 0.255 e. The minimum atomic E-state index is -0.166. The molecule has 132 valence electrons. The number of piperidine rings is 1. The molecule has 1 aromatic carbocycles. The number of pyridine rings is 1. The van der Waals surface area contributed by atoms with Crippen molar-refractivity contribution in [3.8, 4) is 0 Å². The van der Waals surface area contributed by atoms with E-state index in [1.807, 2.05) is 52.0 Å². The van der Waals surface area contributed by atoms with Crippen molar-refractivity contribution >= 4 is 23.1 Å². The molecule has 0 unspecified atom stereocenters. The molecule has 1 aliphatic rings. The normalized spacial score (nSPS) is 14.6. The molecule has 6 nitrogen and oxygen atoms in total. The van der Waals surface area contributed by atoms with Crippen LogP contribution >= 0.6 is 0 Å². The fourth-order valence-electron chi connectivity index (χ4n) is 3.32. The Morgan fingerprint density at radius 3 is 2.96 bits per heavy atom. The summed E-state index contributed by atoms with van der Waals surface area (Å²) < 4.78 is 1.82. The number of rotatable bonds is 4. The molecule has 3 heterocycles. The molecule has 3 aromatic rings. The number of nitrogens with zero attached hydrogens (tertiary/aromatic N) is 3. The predicted octanol–water partition coefficient (Wildman–Crippen LogP) is 2.78. The summed E-state index contributed by atoms with van der Waals surface area (Å²) in [5, 5.41) is 2.94. The molecule has 0 radical (unpaired) electrons. The molecular formula is C20H20N4O2. The highest BCUT2D eigenvalue weighted by atomic mass is 16.2. The lowest BCUT2D eigenvalue weighted by atomic mass is 10.1. The Hall–Kier alpha value is -3.15. The van der Waals surface area contributed by atoms with E-state index in [1.165, 1.54) is 0 Å². The first-order chi connectivity index (χ1) is 12.7. The molecule has 1 aliphatic heterocycles. The second-order valence-corrected chi connectivity index (χ2v) is 6.44. The van der Waals surface area contributed by atoms with E-state index in [2.05, 4.69) is 10.3 Å². The summed E-state index contributed by atoms with van der Waals surface area (Å²) >= 11 is 0. The molecule has 0 aliphatic carbocycles. The summed E-state index contributed by atoms with van der Waals surface area (Å²) in [6, 6.07) is 11.4. The maximum atomic E-state index is 12.5. The highest BCUT2D eigenvalue weighted by molar-refractivity contribution is 5.99. The van der Waals surface area contributed by atoms with Gasteiger partial charge in [0.15, 0.2) is 0 Å². The van der Waals surface area contributed by atoms with Gasteiger partial charge in [0.25, 0.3) is 5.91 Å². The Morgan fingerprint density at radius 1 is 1.15 bits per heavy atom. The number of nitrogens with one attached hydrogen (secondary N) is 1. The summed E-state index contributed by atoms with van der Waals surface area (Å²) in [4.78, 5) is 30.7. The number of fused-ring (bicyclic) bond motifs is 1. The second kappa shape index (κ2) is 7.00. The number of amides is 2. The molecule has 0 bridgehead atoms. The third-order valence-electron chi connectivity index (χ3n) is 4.66. The van der Waals surface area contributed by atoms with E-state index in [1.54, 1.807) is 12.3 Å². The molecule has 1 saturated heterocycles. The summed E-state index contributed by atoms with van der Waals surface area (Å²) in [7, 11) is 0. The average molecular weight is 348 g/mol. The quantitative estimate of drug-likeness (QED) is 0.788. The number of hydrogen-bond donors (Lipinski definition) is 1. The predicted molar refractivity (Wildman–Crippen MR) is 99.0 cm³/mol. The third kappa shape index (κ3) is 3.18. The maximum absolute atomic E-state index is 12.5. The van der Waals surface area contributed by atoms with Crippen LogP contribution in [0, 0.1) is 0 Å². The summed E-state index contributed by atoms with van der Waals surface area (Å²) in [6.45, 7) is 1.16. The zero-order valence-corrected chi connectivity index (χ0v) is 14.4. The van der Waals surface area contributed by atoms with E-state index in [0.717, 1.165) is 30.6 Å². The molecule has 2 amide bonds. The first kappa shape index (κ1) is 16.3. The largest absolute Gasteiger partial charge is 0.348 e. The summed E-state index contributed by atoms with van der Waals surface area (Å²) in [5.41, 5.74) is 3.04. The topological polar surface area (TPSA) is 66.7 Å². The van der Waals surface area contributed by atoms with Gasteiger partial charge in [0.1, 0.15) is 5.65 Å². The van der Waals surface area contributed by atoms with Crippen LogP contribution in [0.15, 0.2) is 55.0 Å². The first-order valence-electron chi connectivity index (χ1n) is 8.81. The van der Waals surface area contributed by atoms with Crippen LogP contribution in [0.1, 0.15) is 35.2 Å². The van der Waals surface area contributed by atoms with Crippen molar-refractivity contribution in [2.75, 3.05) is 11.4 Å². The second-order valence-electron chi connectivity index (χ2n) is 6.44. The lowest BCUT2D eigenvalue weighted by Crippen LogP contribution is -2.35. The molecule has 1 fully saturated rings. The SMILES string of the molecule is O=C(NCc1cccc(N2CCCCC2=O)c1)c1cccn2ccnc12. The highest BCUT2D eigenvalue weighted by Gasteiger charge is 2.19. The van der Waals surface area contributed by atoms with Gasteiger partial charge < -0.3 is 14.6 Å². The van der Waals surface area contributed by atoms with Gasteiger partial charge in [0.2, 0.25) is 5.91 Å². The van der Waals surface area contributed by atoms with Crippen molar-refractivity contribution in [3.63, 3.8) is 0 Å². The molecule has 2 aromatic heterocycles. The number of carbonyl (C=O) groups excluding carboxylic acids is 2. The van der Waals surface area contributed by atoms with Crippen LogP contribution in [-0.2, 0) is 11.3 Å². The van der Waals surface area contributed by atoms with Gasteiger partial charge in [-0.2, -0.15) is 0 Å². The number of aromatic nitrogens is 2. The van der Waals surface area contributed by atoms with Crippen LogP contribution in [-0.4, -0.2) is 27.7 Å². The Morgan fingerprint density at radius 2 is 2.08 bits per heavy atom. The van der Waals surface area contributed by atoms with Crippen LogP contribution in [0.4, 0.5) is 5.69 Å². The molecule has 6 heteroatoms. The lowest BCUT2D eigenvalue weighted by Gasteiger charge is -2.27. The third-order valence-corrected chi connectivity index (χ3v) is 4.66. The van der Waals surface area contributed by atoms with Gasteiger partial charge in [-0.15, -0.1) is 0 Å². The van der Waals surface area contributed by atoms with Crippen molar-refractivity contribution < 1.29 is 9.59 Å². The molecule has 0 saturated carbocycles. The van der Waals surface area contributed by atoms with Gasteiger partial charge in [-0.1, -0.05) is 12.1 Å². The van der Waals surface area contributed by atoms with Gasteiger partial charge >= 0.3 is 0 Å². The number of carbonyl (C=O) groups is 2. The summed E-state index contributed by atoms with van der Waals surface area (Å²) in [5.74, 6) is 0.00433.